The summed E-state index contributed by atoms with van der Waals surface area (Å²) in [6, 6.07) is 20.0. The fraction of sp³-hybridized carbons (Fsp3) is 0.125. The van der Waals surface area contributed by atoms with Gasteiger partial charge in [-0.05, 0) is 37.3 Å². The summed E-state index contributed by atoms with van der Waals surface area (Å²) in [6.07, 6.45) is 0. The molecule has 0 saturated carbocycles. The zero-order valence-corrected chi connectivity index (χ0v) is 18.1. The summed E-state index contributed by atoms with van der Waals surface area (Å²) in [4.78, 5) is 25.5. The zero-order valence-electron chi connectivity index (χ0n) is 17.4. The van der Waals surface area contributed by atoms with Crippen molar-refractivity contribution < 1.29 is 18.3 Å². The number of nitrogens with one attached hydrogen (secondary N) is 1. The Balaban J connectivity index is 1.61. The van der Waals surface area contributed by atoms with Gasteiger partial charge in [0.15, 0.2) is 0 Å². The van der Waals surface area contributed by atoms with Gasteiger partial charge in [-0.15, -0.1) is 8.78 Å². The number of amides is 1. The number of aromatic nitrogens is 2. The van der Waals surface area contributed by atoms with Crippen LogP contribution in [0.5, 0.6) is 5.75 Å². The molecule has 0 aliphatic heterocycles. The van der Waals surface area contributed by atoms with Gasteiger partial charge >= 0.3 is 5.57 Å². The van der Waals surface area contributed by atoms with Crippen LogP contribution in [-0.4, -0.2) is 21.3 Å². The summed E-state index contributed by atoms with van der Waals surface area (Å²) in [5, 5.41) is 8.20. The molecule has 0 spiro atoms. The second kappa shape index (κ2) is 8.99. The molecule has 3 aromatic carbocycles. The summed E-state index contributed by atoms with van der Waals surface area (Å²) < 4.78 is 30.8. The number of hydrogen-bond donors (Lipinski definition) is 1. The van der Waals surface area contributed by atoms with Gasteiger partial charge in [0, 0.05) is 28.2 Å². The molecule has 4 rings (SSSR count). The van der Waals surface area contributed by atoms with Crippen LogP contribution in [0.1, 0.15) is 5.56 Å². The predicted molar refractivity (Wildman–Crippen MR) is 123 cm³/mol. The topological polar surface area (TPSA) is 73.2 Å². The molecule has 1 amide bonds. The largest absolute Gasteiger partial charge is 0.487 e. The van der Waals surface area contributed by atoms with Crippen LogP contribution in [0, 0.1) is 6.92 Å². The summed E-state index contributed by atoms with van der Waals surface area (Å²) >= 11 is 4.74. The van der Waals surface area contributed by atoms with E-state index in [9.17, 15) is 18.4 Å². The van der Waals surface area contributed by atoms with E-state index in [4.69, 9.17) is 11.6 Å². The first-order valence-corrected chi connectivity index (χ1v) is 10.3. The van der Waals surface area contributed by atoms with Crippen molar-refractivity contribution in [1.29, 1.82) is 0 Å². The first kappa shape index (κ1) is 22.4. The minimum absolute atomic E-state index is 0.164. The van der Waals surface area contributed by atoms with Gasteiger partial charge in [0.2, 0.25) is 5.91 Å². The molecule has 4 aromatic rings. The monoisotopic (exact) mass is 469 g/mol. The van der Waals surface area contributed by atoms with Gasteiger partial charge in [-0.2, -0.15) is 5.10 Å². The first-order chi connectivity index (χ1) is 15.7. The molecule has 33 heavy (non-hydrogen) atoms. The fourth-order valence-corrected chi connectivity index (χ4v) is 3.43. The first-order valence-electron chi connectivity index (χ1n) is 9.92. The highest BCUT2D eigenvalue weighted by Crippen LogP contribution is 2.26. The lowest BCUT2D eigenvalue weighted by Crippen LogP contribution is -2.30. The molecule has 0 fully saturated rings. The van der Waals surface area contributed by atoms with Crippen molar-refractivity contribution in [3.63, 3.8) is 0 Å². The summed E-state index contributed by atoms with van der Waals surface area (Å²) in [5.74, 6) is -0.672. The van der Waals surface area contributed by atoms with E-state index in [2.05, 4.69) is 15.2 Å². The third kappa shape index (κ3) is 5.35. The van der Waals surface area contributed by atoms with Gasteiger partial charge in [-0.3, -0.25) is 9.59 Å². The Kier molecular flexibility index (Phi) is 6.11. The molecule has 0 atom stereocenters. The number of fused-ring (bicyclic) bond motifs is 1. The van der Waals surface area contributed by atoms with Crippen LogP contribution in [0.2, 0.25) is 0 Å². The van der Waals surface area contributed by atoms with E-state index < -0.39 is 17.0 Å². The maximum absolute atomic E-state index is 13.0. The average Bonchev–Trinajstić information content (AvgIpc) is 2.77. The molecule has 1 aromatic heterocycles. The lowest BCUT2D eigenvalue weighted by molar-refractivity contribution is -0.117. The van der Waals surface area contributed by atoms with E-state index in [1.54, 1.807) is 12.1 Å². The number of halogens is 3. The highest BCUT2D eigenvalue weighted by Gasteiger charge is 2.27. The van der Waals surface area contributed by atoms with E-state index in [-0.39, 0.29) is 12.3 Å². The maximum atomic E-state index is 13.0. The Hall–Kier alpha value is -3.78. The van der Waals surface area contributed by atoms with Crippen LogP contribution in [0.4, 0.5) is 14.5 Å². The van der Waals surface area contributed by atoms with Crippen molar-refractivity contribution in [1.82, 2.24) is 9.78 Å². The van der Waals surface area contributed by atoms with Gasteiger partial charge in [-0.1, -0.05) is 48.0 Å². The maximum Gasteiger partial charge on any atom is 0.487 e. The molecular formula is C24H18ClF2N3O3. The Labute approximate surface area is 192 Å². The molecular weight excluding hydrogens is 452 g/mol. The van der Waals surface area contributed by atoms with Crippen LogP contribution in [0.25, 0.3) is 22.0 Å². The van der Waals surface area contributed by atoms with Crippen molar-refractivity contribution in [3.8, 4) is 17.0 Å². The summed E-state index contributed by atoms with van der Waals surface area (Å²) in [7, 11) is 0. The highest BCUT2D eigenvalue weighted by atomic mass is 35.5. The van der Waals surface area contributed by atoms with Crippen LogP contribution in [0.3, 0.4) is 0 Å². The normalized spacial score (nSPS) is 11.4. The van der Waals surface area contributed by atoms with Crippen molar-refractivity contribution >= 4 is 34.0 Å². The number of ether oxygens (including phenoxy) is 1. The molecule has 6 nitrogen and oxygen atoms in total. The number of benzene rings is 3. The van der Waals surface area contributed by atoms with Crippen LogP contribution in [-0.2, 0) is 11.3 Å². The molecule has 0 aliphatic rings. The number of nitrogens with zero attached hydrogens (tertiary/aromatic N) is 2. The van der Waals surface area contributed by atoms with Gasteiger partial charge in [0.1, 0.15) is 12.3 Å². The third-order valence-corrected chi connectivity index (χ3v) is 4.93. The standard InChI is InChI=1S/C24H18ClF2N3O3/c1-15-6-8-16(9-7-15)22-19-4-2-3-5-20(19)23(32)30(29-22)14-21(31)28-17-10-12-18(13-11-17)33-24(25,26)27/h2-13H,14H2,1H3,(H,28,31). The number of aryl methyl sites for hydroxylation is 1. The number of rotatable bonds is 6. The molecule has 9 heteroatoms. The Morgan fingerprint density at radius 2 is 1.67 bits per heavy atom. The number of carbonyl (C=O) groups excluding carboxylic acids is 1. The summed E-state index contributed by atoms with van der Waals surface area (Å²) in [5.41, 5.74) is -1.41. The second-order valence-corrected chi connectivity index (χ2v) is 7.78. The second-order valence-electron chi connectivity index (χ2n) is 7.34. The van der Waals surface area contributed by atoms with E-state index in [0.29, 0.717) is 22.2 Å². The number of carbonyl (C=O) groups is 1. The van der Waals surface area contributed by atoms with E-state index >= 15 is 0 Å². The van der Waals surface area contributed by atoms with E-state index in [0.717, 1.165) is 15.8 Å². The van der Waals surface area contributed by atoms with Gasteiger partial charge in [0.05, 0.1) is 11.1 Å². The molecule has 0 aliphatic carbocycles. The number of hydrogen-bond acceptors (Lipinski definition) is 4. The van der Waals surface area contributed by atoms with Gasteiger partial charge < -0.3 is 10.1 Å². The zero-order chi connectivity index (χ0) is 23.6. The Morgan fingerprint density at radius 3 is 2.30 bits per heavy atom. The smallest absolute Gasteiger partial charge is 0.420 e. The molecule has 0 saturated heterocycles. The van der Waals surface area contributed by atoms with Crippen molar-refractivity contribution in [2.24, 2.45) is 0 Å². The lowest BCUT2D eigenvalue weighted by Gasteiger charge is -2.13. The van der Waals surface area contributed by atoms with Gasteiger partial charge in [-0.25, -0.2) is 4.68 Å². The highest BCUT2D eigenvalue weighted by molar-refractivity contribution is 6.20. The van der Waals surface area contributed by atoms with Gasteiger partial charge in [0.25, 0.3) is 5.56 Å². The number of alkyl halides is 3. The quantitative estimate of drug-likeness (QED) is 0.395. The average molecular weight is 470 g/mol. The predicted octanol–water partition coefficient (Wildman–Crippen LogP) is 5.18. The minimum Gasteiger partial charge on any atom is -0.420 e. The fourth-order valence-electron chi connectivity index (χ4n) is 3.34. The van der Waals surface area contributed by atoms with Crippen LogP contribution in [0.15, 0.2) is 77.6 Å². The lowest BCUT2D eigenvalue weighted by atomic mass is 10.0. The van der Waals surface area contributed by atoms with Crippen LogP contribution < -0.4 is 15.6 Å². The molecule has 1 N–H and O–H groups in total. The molecule has 0 unspecified atom stereocenters. The van der Waals surface area contributed by atoms with Crippen molar-refractivity contribution in [2.45, 2.75) is 19.0 Å². The summed E-state index contributed by atoms with van der Waals surface area (Å²) in [6.45, 7) is 1.64. The third-order valence-electron chi connectivity index (χ3n) is 4.86. The Bertz CT molecular complexity index is 1370. The Morgan fingerprint density at radius 1 is 1.03 bits per heavy atom. The minimum atomic E-state index is -3.83. The molecule has 1 heterocycles. The number of anilines is 1. The van der Waals surface area contributed by atoms with Crippen LogP contribution >= 0.6 is 11.6 Å². The van der Waals surface area contributed by atoms with Crippen molar-refractivity contribution in [2.75, 3.05) is 5.32 Å². The van der Waals surface area contributed by atoms with E-state index in [1.165, 1.54) is 24.3 Å². The van der Waals surface area contributed by atoms with E-state index in [1.807, 2.05) is 43.3 Å². The van der Waals surface area contributed by atoms with Crippen molar-refractivity contribution in [3.05, 3.63) is 88.7 Å². The SMILES string of the molecule is Cc1ccc(-c2nn(CC(=O)Nc3ccc(OC(F)(F)Cl)cc3)c(=O)c3ccccc23)cc1. The molecule has 0 radical (unpaired) electrons. The molecule has 0 bridgehead atoms. The molecule has 168 valence electrons.